The van der Waals surface area contributed by atoms with E-state index in [0.717, 1.165) is 44.3 Å². The number of rotatable bonds is 4. The van der Waals surface area contributed by atoms with Crippen LogP contribution in [-0.2, 0) is 13.9 Å². The van der Waals surface area contributed by atoms with Gasteiger partial charge in [-0.15, -0.1) is 0 Å². The Morgan fingerprint density at radius 1 is 1.07 bits per heavy atom. The molecule has 5 nitrogen and oxygen atoms in total. The highest BCUT2D eigenvalue weighted by Gasteiger charge is 2.62. The van der Waals surface area contributed by atoms with Crippen LogP contribution in [0.4, 0.5) is 0 Å². The van der Waals surface area contributed by atoms with Gasteiger partial charge in [0.25, 0.3) is 0 Å². The van der Waals surface area contributed by atoms with Crippen molar-refractivity contribution in [2.45, 2.75) is 114 Å². The second kappa shape index (κ2) is 9.53. The molecule has 1 aliphatic heterocycles. The van der Waals surface area contributed by atoms with Crippen molar-refractivity contribution in [1.29, 1.82) is 0 Å². The van der Waals surface area contributed by atoms with Crippen molar-refractivity contribution in [3.63, 3.8) is 0 Å². The largest absolute Gasteiger partial charge is 0.497 e. The zero-order valence-electron chi connectivity index (χ0n) is 25.8. The lowest BCUT2D eigenvalue weighted by Gasteiger charge is -2.56. The Hall–Kier alpha value is -1.44. The minimum atomic E-state index is -2.01. The molecular weight excluding hydrogens is 516 g/mol. The maximum Gasteiger partial charge on any atom is 0.192 e. The minimum Gasteiger partial charge on any atom is -0.497 e. The average Bonchev–Trinajstić information content (AvgIpc) is 3.43. The molecule has 1 aromatic rings. The number of benzene rings is 1. The first-order chi connectivity index (χ1) is 18.7. The molecule has 0 amide bonds. The molecule has 4 aliphatic carbocycles. The second-order valence-electron chi connectivity index (χ2n) is 15.2. The Bertz CT molecular complexity index is 1190. The lowest BCUT2D eigenvalue weighted by molar-refractivity contribution is -0.208. The van der Waals surface area contributed by atoms with Gasteiger partial charge in [-0.1, -0.05) is 52.0 Å². The van der Waals surface area contributed by atoms with Crippen LogP contribution >= 0.6 is 0 Å². The Kier molecular flexibility index (Phi) is 6.83. The zero-order valence-corrected chi connectivity index (χ0v) is 26.8. The smallest absolute Gasteiger partial charge is 0.192 e. The van der Waals surface area contributed by atoms with Crippen molar-refractivity contribution in [3.8, 4) is 5.75 Å². The van der Waals surface area contributed by atoms with Gasteiger partial charge in [-0.2, -0.15) is 0 Å². The Morgan fingerprint density at radius 3 is 2.38 bits per heavy atom. The van der Waals surface area contributed by atoms with Gasteiger partial charge in [-0.3, -0.25) is 0 Å². The van der Waals surface area contributed by atoms with Crippen molar-refractivity contribution in [2.24, 2.45) is 17.3 Å². The summed E-state index contributed by atoms with van der Waals surface area (Å²) < 4.78 is 25.0. The van der Waals surface area contributed by atoms with E-state index in [1.165, 1.54) is 22.3 Å². The van der Waals surface area contributed by atoms with Gasteiger partial charge in [0, 0.05) is 24.2 Å². The molecule has 220 valence electrons. The Morgan fingerprint density at radius 2 is 1.75 bits per heavy atom. The maximum absolute atomic E-state index is 12.3. The number of aliphatic hydroxyl groups is 1. The molecule has 1 N–H and O–H groups in total. The first kappa shape index (κ1) is 28.7. The van der Waals surface area contributed by atoms with Crippen LogP contribution < -0.4 is 4.74 Å². The molecule has 0 radical (unpaired) electrons. The summed E-state index contributed by atoms with van der Waals surface area (Å²) in [6, 6.07) is 8.66. The summed E-state index contributed by atoms with van der Waals surface area (Å²) in [4.78, 5) is 0. The average molecular weight is 567 g/mol. The van der Waals surface area contributed by atoms with E-state index in [2.05, 4.69) is 71.6 Å². The molecule has 0 bridgehead atoms. The molecule has 1 heterocycles. The second-order valence-corrected chi connectivity index (χ2v) is 19.9. The molecule has 0 aromatic heterocycles. The van der Waals surface area contributed by atoms with Crippen molar-refractivity contribution >= 4 is 8.32 Å². The van der Waals surface area contributed by atoms with Crippen LogP contribution in [0.2, 0.25) is 18.1 Å². The lowest BCUT2D eigenvalue weighted by atomic mass is 9.51. The first-order valence-electron chi connectivity index (χ1n) is 15.5. The first-order valence-corrected chi connectivity index (χ1v) is 18.4. The van der Waals surface area contributed by atoms with Crippen LogP contribution in [0, 0.1) is 17.3 Å². The zero-order chi connectivity index (χ0) is 28.7. The third-order valence-electron chi connectivity index (χ3n) is 11.9. The molecule has 5 aliphatic rings. The quantitative estimate of drug-likeness (QED) is 0.302. The molecule has 40 heavy (non-hydrogen) atoms. The van der Waals surface area contributed by atoms with Crippen LogP contribution in [0.15, 0.2) is 47.6 Å². The summed E-state index contributed by atoms with van der Waals surface area (Å²) in [6.45, 7) is 20.1. The third-order valence-corrected chi connectivity index (χ3v) is 16.3. The van der Waals surface area contributed by atoms with Crippen LogP contribution in [0.25, 0.3) is 0 Å². The number of fused-ring (bicyclic) bond motifs is 4. The van der Waals surface area contributed by atoms with Crippen molar-refractivity contribution in [1.82, 2.24) is 0 Å². The summed E-state index contributed by atoms with van der Waals surface area (Å²) in [5.41, 5.74) is 4.49. The fourth-order valence-corrected chi connectivity index (χ4v) is 10.1. The Labute approximate surface area is 242 Å². The van der Waals surface area contributed by atoms with Gasteiger partial charge in [0.1, 0.15) is 5.75 Å². The molecule has 6 atom stereocenters. The van der Waals surface area contributed by atoms with Gasteiger partial charge in [-0.05, 0) is 90.9 Å². The number of methoxy groups -OCH3 is 1. The van der Waals surface area contributed by atoms with E-state index in [1.807, 2.05) is 0 Å². The topological polar surface area (TPSA) is 57.2 Å². The molecule has 3 saturated carbocycles. The van der Waals surface area contributed by atoms with E-state index in [1.54, 1.807) is 7.11 Å². The van der Waals surface area contributed by atoms with Gasteiger partial charge in [0.05, 0.1) is 32.0 Å². The highest BCUT2D eigenvalue weighted by molar-refractivity contribution is 6.74. The SMILES string of the molecule is C=C1C[C@H]2[C@@H]3CC[C@@]4(O)CC5(CCC4=C3[C@@H](c3ccc(OC)cc3)C[C@]2(C)[C@H]1O[Si](C)(C)C(C)(C)C)OCCO5. The Balaban J connectivity index is 1.44. The van der Waals surface area contributed by atoms with Gasteiger partial charge in [0.15, 0.2) is 14.1 Å². The van der Waals surface area contributed by atoms with E-state index in [9.17, 15) is 5.11 Å². The minimum absolute atomic E-state index is 0.00502. The summed E-state index contributed by atoms with van der Waals surface area (Å²) in [5.74, 6) is 1.39. The predicted octanol–water partition coefficient (Wildman–Crippen LogP) is 7.52. The van der Waals surface area contributed by atoms with E-state index in [0.29, 0.717) is 31.5 Å². The van der Waals surface area contributed by atoms with E-state index in [-0.39, 0.29) is 22.5 Å². The van der Waals surface area contributed by atoms with Crippen LogP contribution in [0.5, 0.6) is 5.75 Å². The number of hydrogen-bond donors (Lipinski definition) is 1. The molecule has 1 spiro atoms. The third kappa shape index (κ3) is 4.39. The molecule has 1 saturated heterocycles. The van der Waals surface area contributed by atoms with Crippen LogP contribution in [0.3, 0.4) is 0 Å². The summed E-state index contributed by atoms with van der Waals surface area (Å²) in [5, 5.41) is 12.4. The van der Waals surface area contributed by atoms with Gasteiger partial charge in [-0.25, -0.2) is 0 Å². The molecule has 1 aromatic carbocycles. The van der Waals surface area contributed by atoms with E-state index in [4.69, 9.17) is 18.6 Å². The summed E-state index contributed by atoms with van der Waals surface area (Å²) in [7, 11) is -0.285. The number of allylic oxidation sites excluding steroid dienone is 1. The highest BCUT2D eigenvalue weighted by Crippen LogP contribution is 2.67. The van der Waals surface area contributed by atoms with Crippen molar-refractivity contribution in [3.05, 3.63) is 53.1 Å². The summed E-state index contributed by atoms with van der Waals surface area (Å²) in [6.07, 6.45) is 6.05. The fourth-order valence-electron chi connectivity index (χ4n) is 8.76. The maximum atomic E-state index is 12.3. The molecular formula is C34H50O5Si. The molecule has 4 fully saturated rings. The predicted molar refractivity (Wildman–Crippen MR) is 161 cm³/mol. The van der Waals surface area contributed by atoms with Crippen molar-refractivity contribution in [2.75, 3.05) is 20.3 Å². The monoisotopic (exact) mass is 566 g/mol. The highest BCUT2D eigenvalue weighted by atomic mass is 28.4. The standard InChI is InChI=1S/C34H50O5Si/c1-22-19-28-25-13-15-33(35)21-34(37-17-18-38-34)16-14-27(33)29(25)26(23-9-11-24(36-6)12-10-23)20-32(28,5)30(22)39-40(7,8)31(2,3)4/h9-12,25-26,28,30,35H,1,13-21H2,2-8H3/t25-,26+,28-,30-,32-,33+/m0/s1. The molecule has 6 heteroatoms. The number of ether oxygens (including phenoxy) is 3. The lowest BCUT2D eigenvalue weighted by Crippen LogP contribution is -2.55. The normalized spacial score (nSPS) is 37.4. The summed E-state index contributed by atoms with van der Waals surface area (Å²) >= 11 is 0. The van der Waals surface area contributed by atoms with Crippen molar-refractivity contribution < 1.29 is 23.7 Å². The number of hydrogen-bond acceptors (Lipinski definition) is 5. The van der Waals surface area contributed by atoms with Gasteiger partial charge < -0.3 is 23.7 Å². The molecule has 6 rings (SSSR count). The van der Waals surface area contributed by atoms with Gasteiger partial charge >= 0.3 is 0 Å². The van der Waals surface area contributed by atoms with Gasteiger partial charge in [0.2, 0.25) is 0 Å². The van der Waals surface area contributed by atoms with E-state index < -0.39 is 19.7 Å². The molecule has 0 unspecified atom stereocenters. The fraction of sp³-hybridized carbons (Fsp3) is 0.706. The van der Waals surface area contributed by atoms with Crippen LogP contribution in [-0.4, -0.2) is 51.2 Å². The van der Waals surface area contributed by atoms with E-state index >= 15 is 0 Å². The van der Waals surface area contributed by atoms with Crippen LogP contribution in [0.1, 0.15) is 84.1 Å².